The average Bonchev–Trinajstić information content (AvgIpc) is 2.91. The topological polar surface area (TPSA) is 115 Å². The number of carbonyl (C=O) groups is 3. The number of anilines is 2. The molecule has 1 heterocycles. The van der Waals surface area contributed by atoms with Gasteiger partial charge >= 0.3 is 5.97 Å². The van der Waals surface area contributed by atoms with Gasteiger partial charge < -0.3 is 25.7 Å². The third-order valence-corrected chi connectivity index (χ3v) is 3.47. The van der Waals surface area contributed by atoms with Crippen LogP contribution in [0.4, 0.5) is 11.4 Å². The van der Waals surface area contributed by atoms with Crippen LogP contribution in [-0.4, -0.2) is 36.0 Å². The summed E-state index contributed by atoms with van der Waals surface area (Å²) in [4.78, 5) is 35.1. The first-order chi connectivity index (χ1) is 11.9. The molecule has 0 aliphatic rings. The number of methoxy groups -OCH3 is 1. The molecule has 2 amide bonds. The number of amides is 2. The lowest BCUT2D eigenvalue weighted by atomic mass is 10.1. The Balaban J connectivity index is 1.99. The van der Waals surface area contributed by atoms with Gasteiger partial charge in [-0.05, 0) is 23.8 Å². The van der Waals surface area contributed by atoms with E-state index in [0.29, 0.717) is 22.6 Å². The first-order valence-electron chi connectivity index (χ1n) is 7.54. The van der Waals surface area contributed by atoms with Crippen molar-refractivity contribution in [1.82, 2.24) is 9.88 Å². The van der Waals surface area contributed by atoms with Crippen LogP contribution in [0, 0.1) is 0 Å². The molecule has 1 aromatic heterocycles. The van der Waals surface area contributed by atoms with Crippen LogP contribution >= 0.6 is 0 Å². The monoisotopic (exact) mass is 344 g/mol. The minimum Gasteiger partial charge on any atom is -0.468 e. The van der Waals surface area contributed by atoms with Gasteiger partial charge in [0.15, 0.2) is 0 Å². The van der Waals surface area contributed by atoms with Crippen molar-refractivity contribution in [3.05, 3.63) is 47.8 Å². The molecule has 2 rings (SSSR count). The Bertz CT molecular complexity index is 798. The second kappa shape index (κ2) is 8.00. The SMILES string of the molecule is COC(=O)CNC(=O)Cc1cccc(NC(=O)c2cc(N)cn2C)c1. The second-order valence-electron chi connectivity index (χ2n) is 5.45. The smallest absolute Gasteiger partial charge is 0.325 e. The van der Waals surface area contributed by atoms with Gasteiger partial charge in [0.25, 0.3) is 5.91 Å². The molecule has 8 nitrogen and oxygen atoms in total. The number of aromatic nitrogens is 1. The highest BCUT2D eigenvalue weighted by Gasteiger charge is 2.12. The van der Waals surface area contributed by atoms with E-state index in [9.17, 15) is 14.4 Å². The van der Waals surface area contributed by atoms with Gasteiger partial charge in [-0.3, -0.25) is 14.4 Å². The number of hydrogen-bond donors (Lipinski definition) is 3. The van der Waals surface area contributed by atoms with E-state index in [1.54, 1.807) is 48.1 Å². The molecule has 0 atom stereocenters. The van der Waals surface area contributed by atoms with Crippen LogP contribution in [0.2, 0.25) is 0 Å². The van der Waals surface area contributed by atoms with Crippen LogP contribution in [0.1, 0.15) is 16.1 Å². The number of rotatable bonds is 6. The molecular formula is C17H20N4O4. The Kier molecular flexibility index (Phi) is 5.78. The first kappa shape index (κ1) is 18.1. The third-order valence-electron chi connectivity index (χ3n) is 3.47. The van der Waals surface area contributed by atoms with Crippen LogP contribution < -0.4 is 16.4 Å². The molecular weight excluding hydrogens is 324 g/mol. The largest absolute Gasteiger partial charge is 0.468 e. The highest BCUT2D eigenvalue weighted by atomic mass is 16.5. The molecule has 4 N–H and O–H groups in total. The number of esters is 1. The standard InChI is InChI=1S/C17H20N4O4/c1-21-10-12(18)8-14(21)17(24)20-13-5-3-4-11(6-13)7-15(22)19-9-16(23)25-2/h3-6,8,10H,7,9,18H2,1-2H3,(H,19,22)(H,20,24). The van der Waals surface area contributed by atoms with Gasteiger partial charge in [-0.15, -0.1) is 0 Å². The number of hydrogen-bond acceptors (Lipinski definition) is 5. The summed E-state index contributed by atoms with van der Waals surface area (Å²) in [5.74, 6) is -1.13. The van der Waals surface area contributed by atoms with Crippen molar-refractivity contribution in [2.45, 2.75) is 6.42 Å². The van der Waals surface area contributed by atoms with Crippen LogP contribution in [-0.2, 0) is 27.8 Å². The lowest BCUT2D eigenvalue weighted by Gasteiger charge is -2.08. The number of ether oxygens (including phenoxy) is 1. The third kappa shape index (κ3) is 5.10. The minimum atomic E-state index is -0.517. The lowest BCUT2D eigenvalue weighted by molar-refractivity contribution is -0.141. The van der Waals surface area contributed by atoms with Crippen molar-refractivity contribution in [3.8, 4) is 0 Å². The van der Waals surface area contributed by atoms with Crippen molar-refractivity contribution in [1.29, 1.82) is 0 Å². The van der Waals surface area contributed by atoms with Gasteiger partial charge in [0.1, 0.15) is 12.2 Å². The normalized spacial score (nSPS) is 10.2. The van der Waals surface area contributed by atoms with Gasteiger partial charge in [-0.25, -0.2) is 0 Å². The summed E-state index contributed by atoms with van der Waals surface area (Å²) in [5.41, 5.74) is 7.86. The first-order valence-corrected chi connectivity index (χ1v) is 7.54. The Labute approximate surface area is 144 Å². The predicted molar refractivity (Wildman–Crippen MR) is 93.0 cm³/mol. The van der Waals surface area contributed by atoms with Crippen LogP contribution in [0.25, 0.3) is 0 Å². The van der Waals surface area contributed by atoms with Crippen LogP contribution in [0.15, 0.2) is 36.5 Å². The van der Waals surface area contributed by atoms with Gasteiger partial charge in [-0.2, -0.15) is 0 Å². The fourth-order valence-corrected chi connectivity index (χ4v) is 2.26. The Morgan fingerprint density at radius 1 is 1.24 bits per heavy atom. The number of nitrogens with two attached hydrogens (primary N) is 1. The van der Waals surface area contributed by atoms with Gasteiger partial charge in [-0.1, -0.05) is 12.1 Å². The maximum atomic E-state index is 12.3. The van der Waals surface area contributed by atoms with E-state index < -0.39 is 5.97 Å². The van der Waals surface area contributed by atoms with Crippen molar-refractivity contribution in [2.24, 2.45) is 7.05 Å². The number of nitrogens with one attached hydrogen (secondary N) is 2. The van der Waals surface area contributed by atoms with Crippen LogP contribution in [0.3, 0.4) is 0 Å². The van der Waals surface area contributed by atoms with E-state index in [1.807, 2.05) is 0 Å². The second-order valence-corrected chi connectivity index (χ2v) is 5.45. The number of nitrogen functional groups attached to an aromatic ring is 1. The molecule has 0 spiro atoms. The summed E-state index contributed by atoms with van der Waals surface area (Å²) in [6, 6.07) is 8.49. The quantitative estimate of drug-likeness (QED) is 0.667. The zero-order valence-corrected chi connectivity index (χ0v) is 14.0. The van der Waals surface area contributed by atoms with E-state index in [2.05, 4.69) is 15.4 Å². The van der Waals surface area contributed by atoms with E-state index in [-0.39, 0.29) is 24.8 Å². The zero-order valence-electron chi connectivity index (χ0n) is 14.0. The molecule has 1 aromatic carbocycles. The summed E-state index contributed by atoms with van der Waals surface area (Å²) in [5, 5.41) is 5.22. The number of benzene rings is 1. The highest BCUT2D eigenvalue weighted by molar-refractivity contribution is 6.03. The van der Waals surface area contributed by atoms with Gasteiger partial charge in [0.2, 0.25) is 5.91 Å². The van der Waals surface area contributed by atoms with Crippen molar-refractivity contribution in [2.75, 3.05) is 24.7 Å². The molecule has 25 heavy (non-hydrogen) atoms. The molecule has 0 aliphatic carbocycles. The Morgan fingerprint density at radius 2 is 2.00 bits per heavy atom. The van der Waals surface area contributed by atoms with E-state index in [0.717, 1.165) is 0 Å². The maximum absolute atomic E-state index is 12.3. The average molecular weight is 344 g/mol. The molecule has 2 aromatic rings. The molecule has 0 bridgehead atoms. The van der Waals surface area contributed by atoms with E-state index in [1.165, 1.54) is 7.11 Å². The molecule has 0 saturated heterocycles. The van der Waals surface area contributed by atoms with E-state index >= 15 is 0 Å². The van der Waals surface area contributed by atoms with Crippen LogP contribution in [0.5, 0.6) is 0 Å². The Morgan fingerprint density at radius 3 is 2.64 bits per heavy atom. The summed E-state index contributed by atoms with van der Waals surface area (Å²) in [6.45, 7) is -0.180. The van der Waals surface area contributed by atoms with Crippen molar-refractivity contribution >= 4 is 29.2 Å². The molecule has 0 saturated carbocycles. The molecule has 8 heteroatoms. The van der Waals surface area contributed by atoms with E-state index in [4.69, 9.17) is 5.73 Å². The summed E-state index contributed by atoms with van der Waals surface area (Å²) in [7, 11) is 2.98. The fourth-order valence-electron chi connectivity index (χ4n) is 2.26. The summed E-state index contributed by atoms with van der Waals surface area (Å²) in [6.07, 6.45) is 1.73. The molecule has 0 aliphatic heterocycles. The maximum Gasteiger partial charge on any atom is 0.325 e. The fraction of sp³-hybridized carbons (Fsp3) is 0.235. The highest BCUT2D eigenvalue weighted by Crippen LogP contribution is 2.15. The molecule has 0 fully saturated rings. The molecule has 132 valence electrons. The molecule has 0 unspecified atom stereocenters. The number of aryl methyl sites for hydroxylation is 1. The van der Waals surface area contributed by atoms with Gasteiger partial charge in [0.05, 0.1) is 19.2 Å². The lowest BCUT2D eigenvalue weighted by Crippen LogP contribution is -2.31. The molecule has 0 radical (unpaired) electrons. The van der Waals surface area contributed by atoms with Crippen molar-refractivity contribution < 1.29 is 19.1 Å². The number of carbonyl (C=O) groups excluding carboxylic acids is 3. The minimum absolute atomic E-state index is 0.0812. The zero-order chi connectivity index (χ0) is 18.4. The van der Waals surface area contributed by atoms with Crippen molar-refractivity contribution in [3.63, 3.8) is 0 Å². The number of nitrogens with zero attached hydrogens (tertiary/aromatic N) is 1. The summed E-state index contributed by atoms with van der Waals surface area (Å²) >= 11 is 0. The predicted octanol–water partition coefficient (Wildman–Crippen LogP) is 0.691. The van der Waals surface area contributed by atoms with Gasteiger partial charge in [0, 0.05) is 18.9 Å². The summed E-state index contributed by atoms with van der Waals surface area (Å²) < 4.78 is 6.09. The Hall–Kier alpha value is -3.29.